The van der Waals surface area contributed by atoms with Crippen LogP contribution in [0.1, 0.15) is 13.8 Å². The summed E-state index contributed by atoms with van der Waals surface area (Å²) in [6.07, 6.45) is 0. The average molecular weight is 174 g/mol. The largest absolute Gasteiger partial charge is 0.350 e. The Hall–Kier alpha value is -1.30. The molecular formula is C6H14N4O2. The smallest absolute Gasteiger partial charge is 0.330 e. The van der Waals surface area contributed by atoms with Gasteiger partial charge in [-0.3, -0.25) is 10.2 Å². The van der Waals surface area contributed by atoms with Crippen LogP contribution in [0, 0.1) is 5.92 Å². The van der Waals surface area contributed by atoms with Crippen LogP contribution in [-0.2, 0) is 4.79 Å². The summed E-state index contributed by atoms with van der Waals surface area (Å²) in [7, 11) is 0. The summed E-state index contributed by atoms with van der Waals surface area (Å²) >= 11 is 0. The van der Waals surface area contributed by atoms with Crippen molar-refractivity contribution in [2.75, 3.05) is 0 Å². The standard InChI is InChI=1S/C6H14N4O2/c1-3(2)4(7)5(11)9-10-6(8)12/h3-4H,7H2,1-2H3,(H,9,11)(H3,8,10,12)/t4-/m0/s1. The highest BCUT2D eigenvalue weighted by Crippen LogP contribution is 1.96. The molecule has 0 spiro atoms. The second-order valence-electron chi connectivity index (χ2n) is 2.75. The van der Waals surface area contributed by atoms with Gasteiger partial charge >= 0.3 is 6.03 Å². The molecule has 0 saturated heterocycles. The molecular weight excluding hydrogens is 160 g/mol. The molecule has 0 aliphatic carbocycles. The third kappa shape index (κ3) is 3.77. The van der Waals surface area contributed by atoms with Crippen molar-refractivity contribution in [3.8, 4) is 0 Å². The molecule has 6 N–H and O–H groups in total. The fraction of sp³-hybridized carbons (Fsp3) is 0.667. The van der Waals surface area contributed by atoms with E-state index >= 15 is 0 Å². The summed E-state index contributed by atoms with van der Waals surface area (Å²) in [5.41, 5.74) is 14.2. The number of amides is 3. The second-order valence-corrected chi connectivity index (χ2v) is 2.75. The van der Waals surface area contributed by atoms with Crippen LogP contribution in [0.4, 0.5) is 4.79 Å². The Kier molecular flexibility index (Phi) is 4.06. The van der Waals surface area contributed by atoms with E-state index in [1.54, 1.807) is 13.8 Å². The molecule has 6 heteroatoms. The van der Waals surface area contributed by atoms with Crippen LogP contribution in [0.5, 0.6) is 0 Å². The van der Waals surface area contributed by atoms with Crippen LogP contribution < -0.4 is 22.3 Å². The van der Waals surface area contributed by atoms with E-state index in [2.05, 4.69) is 5.43 Å². The molecule has 0 unspecified atom stereocenters. The number of hydrazine groups is 1. The predicted octanol–water partition coefficient (Wildman–Crippen LogP) is -1.33. The van der Waals surface area contributed by atoms with Gasteiger partial charge in [-0.25, -0.2) is 10.2 Å². The lowest BCUT2D eigenvalue weighted by Gasteiger charge is -2.14. The highest BCUT2D eigenvalue weighted by atomic mass is 16.2. The number of hydrogen-bond acceptors (Lipinski definition) is 3. The van der Waals surface area contributed by atoms with Gasteiger partial charge in [-0.2, -0.15) is 0 Å². The Morgan fingerprint density at radius 1 is 1.25 bits per heavy atom. The summed E-state index contributed by atoms with van der Waals surface area (Å²) in [5, 5.41) is 0. The number of carbonyl (C=O) groups is 2. The van der Waals surface area contributed by atoms with Gasteiger partial charge in [0.1, 0.15) is 0 Å². The van der Waals surface area contributed by atoms with E-state index in [0.29, 0.717) is 0 Å². The summed E-state index contributed by atoms with van der Waals surface area (Å²) in [4.78, 5) is 21.1. The number of nitrogens with two attached hydrogens (primary N) is 2. The Labute approximate surface area is 70.6 Å². The topological polar surface area (TPSA) is 110 Å². The SMILES string of the molecule is CC(C)[C@H](N)C(=O)NNC(N)=O. The van der Waals surface area contributed by atoms with Gasteiger partial charge in [0, 0.05) is 0 Å². The van der Waals surface area contributed by atoms with E-state index in [4.69, 9.17) is 11.5 Å². The number of urea groups is 1. The maximum Gasteiger partial charge on any atom is 0.330 e. The maximum absolute atomic E-state index is 11.0. The van der Waals surface area contributed by atoms with Crippen molar-refractivity contribution in [2.24, 2.45) is 17.4 Å². The first-order chi connectivity index (χ1) is 5.45. The van der Waals surface area contributed by atoms with Gasteiger partial charge < -0.3 is 11.5 Å². The van der Waals surface area contributed by atoms with Crippen molar-refractivity contribution >= 4 is 11.9 Å². The van der Waals surface area contributed by atoms with E-state index in [1.165, 1.54) is 0 Å². The van der Waals surface area contributed by atoms with Crippen LogP contribution in [0.25, 0.3) is 0 Å². The van der Waals surface area contributed by atoms with Crippen LogP contribution in [0.3, 0.4) is 0 Å². The van der Waals surface area contributed by atoms with Crippen molar-refractivity contribution < 1.29 is 9.59 Å². The summed E-state index contributed by atoms with van der Waals surface area (Å²) in [5.74, 6) is -0.441. The van der Waals surface area contributed by atoms with E-state index in [0.717, 1.165) is 0 Å². The van der Waals surface area contributed by atoms with E-state index < -0.39 is 18.0 Å². The first-order valence-electron chi connectivity index (χ1n) is 3.56. The minimum absolute atomic E-state index is 0.0136. The van der Waals surface area contributed by atoms with Crippen molar-refractivity contribution in [3.63, 3.8) is 0 Å². The first kappa shape index (κ1) is 10.7. The Morgan fingerprint density at radius 2 is 1.75 bits per heavy atom. The fourth-order valence-corrected chi connectivity index (χ4v) is 0.509. The zero-order valence-electron chi connectivity index (χ0n) is 7.13. The first-order valence-corrected chi connectivity index (χ1v) is 3.56. The molecule has 0 rings (SSSR count). The molecule has 0 aromatic rings. The van der Waals surface area contributed by atoms with E-state index in [1.807, 2.05) is 5.43 Å². The zero-order valence-corrected chi connectivity index (χ0v) is 7.13. The molecule has 0 aromatic carbocycles. The molecule has 0 heterocycles. The molecule has 0 fully saturated rings. The zero-order chi connectivity index (χ0) is 9.72. The van der Waals surface area contributed by atoms with Gasteiger partial charge in [-0.05, 0) is 5.92 Å². The summed E-state index contributed by atoms with van der Waals surface area (Å²) < 4.78 is 0. The van der Waals surface area contributed by atoms with Crippen molar-refractivity contribution in [1.29, 1.82) is 0 Å². The Balaban J connectivity index is 3.80. The molecule has 0 bridgehead atoms. The third-order valence-electron chi connectivity index (χ3n) is 1.33. The van der Waals surface area contributed by atoms with Crippen LogP contribution >= 0.6 is 0 Å². The van der Waals surface area contributed by atoms with Crippen molar-refractivity contribution in [1.82, 2.24) is 10.9 Å². The van der Waals surface area contributed by atoms with Gasteiger partial charge in [0.15, 0.2) is 0 Å². The Morgan fingerprint density at radius 3 is 2.08 bits per heavy atom. The van der Waals surface area contributed by atoms with Gasteiger partial charge in [0.25, 0.3) is 5.91 Å². The van der Waals surface area contributed by atoms with Crippen LogP contribution in [-0.4, -0.2) is 18.0 Å². The lowest BCUT2D eigenvalue weighted by atomic mass is 10.1. The summed E-state index contributed by atoms with van der Waals surface area (Å²) in [6.45, 7) is 3.60. The maximum atomic E-state index is 11.0. The van der Waals surface area contributed by atoms with E-state index in [-0.39, 0.29) is 5.92 Å². The normalized spacial score (nSPS) is 12.3. The molecule has 1 atom stereocenters. The fourth-order valence-electron chi connectivity index (χ4n) is 0.509. The molecule has 0 radical (unpaired) electrons. The predicted molar refractivity (Wildman–Crippen MR) is 43.7 cm³/mol. The highest BCUT2D eigenvalue weighted by Gasteiger charge is 2.16. The molecule has 0 aliphatic rings. The molecule has 0 aliphatic heterocycles. The average Bonchev–Trinajstić information content (AvgIpc) is 1.98. The third-order valence-corrected chi connectivity index (χ3v) is 1.33. The number of primary amides is 1. The van der Waals surface area contributed by atoms with Gasteiger partial charge in [-0.15, -0.1) is 0 Å². The van der Waals surface area contributed by atoms with Crippen LogP contribution in [0.15, 0.2) is 0 Å². The number of nitrogens with one attached hydrogen (secondary N) is 2. The lowest BCUT2D eigenvalue weighted by Crippen LogP contribution is -2.52. The molecule has 0 aromatic heterocycles. The molecule has 70 valence electrons. The molecule has 3 amide bonds. The van der Waals surface area contributed by atoms with Crippen molar-refractivity contribution in [3.05, 3.63) is 0 Å². The minimum atomic E-state index is -0.820. The molecule has 12 heavy (non-hydrogen) atoms. The summed E-state index contributed by atoms with van der Waals surface area (Å²) in [6, 6.07) is -1.46. The minimum Gasteiger partial charge on any atom is -0.350 e. The molecule has 6 nitrogen and oxygen atoms in total. The number of carbonyl (C=O) groups excluding carboxylic acids is 2. The van der Waals surface area contributed by atoms with E-state index in [9.17, 15) is 9.59 Å². The lowest BCUT2D eigenvalue weighted by molar-refractivity contribution is -0.123. The van der Waals surface area contributed by atoms with Gasteiger partial charge in [-0.1, -0.05) is 13.8 Å². The van der Waals surface area contributed by atoms with Gasteiger partial charge in [0.05, 0.1) is 6.04 Å². The quantitative estimate of drug-likeness (QED) is 0.389. The number of rotatable bonds is 2. The van der Waals surface area contributed by atoms with Crippen LogP contribution in [0.2, 0.25) is 0 Å². The monoisotopic (exact) mass is 174 g/mol. The van der Waals surface area contributed by atoms with Gasteiger partial charge in [0.2, 0.25) is 0 Å². The highest BCUT2D eigenvalue weighted by molar-refractivity contribution is 5.84. The number of hydrogen-bond donors (Lipinski definition) is 4. The Bertz CT molecular complexity index is 180. The second kappa shape index (κ2) is 4.55. The van der Waals surface area contributed by atoms with Crippen molar-refractivity contribution in [2.45, 2.75) is 19.9 Å². The molecule has 0 saturated carbocycles.